The molecule has 1 rings (SSSR count). The monoisotopic (exact) mass is 279 g/mol. The summed E-state index contributed by atoms with van der Waals surface area (Å²) in [7, 11) is 0. The van der Waals surface area contributed by atoms with Crippen LogP contribution in [-0.2, 0) is 0 Å². The third kappa shape index (κ3) is 2.45. The van der Waals surface area contributed by atoms with Gasteiger partial charge in [0.25, 0.3) is 5.91 Å². The van der Waals surface area contributed by atoms with Crippen molar-refractivity contribution >= 4 is 33.4 Å². The molecule has 0 atom stereocenters. The predicted octanol–water partition coefficient (Wildman–Crippen LogP) is 2.99. The Bertz CT molecular complexity index is 347. The van der Waals surface area contributed by atoms with Gasteiger partial charge in [-0.25, -0.2) is 4.39 Å². The number of benzene rings is 1. The highest BCUT2D eigenvalue weighted by Gasteiger charge is 2.11. The van der Waals surface area contributed by atoms with Gasteiger partial charge in [-0.3, -0.25) is 4.79 Å². The maximum atomic E-state index is 13.1. The Balaban J connectivity index is 3.06. The van der Waals surface area contributed by atoms with E-state index in [9.17, 15) is 9.18 Å². The van der Waals surface area contributed by atoms with Gasteiger partial charge in [0, 0.05) is 16.6 Å². The smallest absolute Gasteiger partial charge is 0.251 e. The van der Waals surface area contributed by atoms with Crippen molar-refractivity contribution in [3.05, 3.63) is 33.0 Å². The molecule has 0 fully saturated rings. The molecule has 14 heavy (non-hydrogen) atoms. The second-order valence-electron chi connectivity index (χ2n) is 2.61. The predicted molar refractivity (Wildman–Crippen MR) is 57.1 cm³/mol. The summed E-state index contributed by atoms with van der Waals surface area (Å²) in [5, 5.41) is 2.55. The topological polar surface area (TPSA) is 29.1 Å². The molecule has 0 saturated carbocycles. The Morgan fingerprint density at radius 1 is 1.64 bits per heavy atom. The highest BCUT2D eigenvalue weighted by atomic mass is 79.9. The van der Waals surface area contributed by atoms with Crippen LogP contribution in [0.1, 0.15) is 17.3 Å². The van der Waals surface area contributed by atoms with Gasteiger partial charge in [0.1, 0.15) is 5.82 Å². The Hall–Kier alpha value is -0.610. The molecular formula is C9H8BrClFNO. The fourth-order valence-corrected chi connectivity index (χ4v) is 1.49. The second-order valence-corrected chi connectivity index (χ2v) is 3.85. The molecule has 0 aliphatic rings. The molecule has 76 valence electrons. The molecule has 0 aromatic heterocycles. The number of carbonyl (C=O) groups excluding carboxylic acids is 1. The van der Waals surface area contributed by atoms with E-state index in [0.717, 1.165) is 6.07 Å². The zero-order valence-electron chi connectivity index (χ0n) is 7.40. The summed E-state index contributed by atoms with van der Waals surface area (Å²) >= 11 is 8.64. The fraction of sp³-hybridized carbons (Fsp3) is 0.222. The van der Waals surface area contributed by atoms with Gasteiger partial charge in [0.05, 0.1) is 5.02 Å². The third-order valence-corrected chi connectivity index (χ3v) is 2.82. The lowest BCUT2D eigenvalue weighted by molar-refractivity contribution is 0.0955. The van der Waals surface area contributed by atoms with Crippen LogP contribution < -0.4 is 5.32 Å². The number of hydrogen-bond acceptors (Lipinski definition) is 1. The van der Waals surface area contributed by atoms with Crippen LogP contribution in [-0.4, -0.2) is 12.5 Å². The third-order valence-electron chi connectivity index (χ3n) is 1.58. The van der Waals surface area contributed by atoms with E-state index < -0.39 is 5.82 Å². The van der Waals surface area contributed by atoms with Gasteiger partial charge in [-0.2, -0.15) is 0 Å². The highest BCUT2D eigenvalue weighted by Crippen LogP contribution is 2.26. The van der Waals surface area contributed by atoms with Crippen LogP contribution in [0.25, 0.3) is 0 Å². The van der Waals surface area contributed by atoms with Crippen LogP contribution in [0.4, 0.5) is 4.39 Å². The van der Waals surface area contributed by atoms with Crippen molar-refractivity contribution in [2.45, 2.75) is 6.92 Å². The largest absolute Gasteiger partial charge is 0.352 e. The minimum Gasteiger partial charge on any atom is -0.352 e. The summed E-state index contributed by atoms with van der Waals surface area (Å²) in [6.45, 7) is 2.29. The summed E-state index contributed by atoms with van der Waals surface area (Å²) in [6.07, 6.45) is 0. The van der Waals surface area contributed by atoms with Gasteiger partial charge in [-0.15, -0.1) is 0 Å². The summed E-state index contributed by atoms with van der Waals surface area (Å²) < 4.78 is 13.5. The first-order valence-corrected chi connectivity index (χ1v) is 5.16. The number of rotatable bonds is 2. The molecule has 0 unspecified atom stereocenters. The molecule has 0 aliphatic heterocycles. The fourth-order valence-electron chi connectivity index (χ4n) is 0.949. The molecule has 0 radical (unpaired) electrons. The normalized spacial score (nSPS) is 10.0. The van der Waals surface area contributed by atoms with Crippen LogP contribution in [0.15, 0.2) is 16.6 Å². The summed E-state index contributed by atoms with van der Waals surface area (Å²) in [4.78, 5) is 11.3. The minimum atomic E-state index is -0.609. The maximum Gasteiger partial charge on any atom is 0.251 e. The molecule has 0 aliphatic carbocycles. The van der Waals surface area contributed by atoms with E-state index in [-0.39, 0.29) is 16.5 Å². The second kappa shape index (κ2) is 4.75. The molecule has 0 heterocycles. The molecule has 5 heteroatoms. The van der Waals surface area contributed by atoms with Gasteiger partial charge in [-0.1, -0.05) is 11.6 Å². The molecule has 1 amide bonds. The van der Waals surface area contributed by atoms with Gasteiger partial charge >= 0.3 is 0 Å². The van der Waals surface area contributed by atoms with Crippen molar-refractivity contribution < 1.29 is 9.18 Å². The van der Waals surface area contributed by atoms with E-state index in [1.165, 1.54) is 6.07 Å². The maximum absolute atomic E-state index is 13.1. The van der Waals surface area contributed by atoms with E-state index in [1.807, 2.05) is 0 Å². The quantitative estimate of drug-likeness (QED) is 0.829. The minimum absolute atomic E-state index is 0.0157. The molecular weight excluding hydrogens is 272 g/mol. The summed E-state index contributed by atoms with van der Waals surface area (Å²) in [5.41, 5.74) is 0.251. The van der Waals surface area contributed by atoms with E-state index in [2.05, 4.69) is 21.2 Å². The van der Waals surface area contributed by atoms with Crippen molar-refractivity contribution in [2.75, 3.05) is 6.54 Å². The summed E-state index contributed by atoms with van der Waals surface area (Å²) in [6, 6.07) is 2.59. The van der Waals surface area contributed by atoms with Gasteiger partial charge in [-0.05, 0) is 35.0 Å². The van der Waals surface area contributed by atoms with Gasteiger partial charge < -0.3 is 5.32 Å². The summed E-state index contributed by atoms with van der Waals surface area (Å²) in [5.74, 6) is -0.925. The molecule has 0 spiro atoms. The zero-order chi connectivity index (χ0) is 10.7. The van der Waals surface area contributed by atoms with E-state index in [0.29, 0.717) is 11.0 Å². The molecule has 0 bridgehead atoms. The molecule has 1 aromatic rings. The van der Waals surface area contributed by atoms with Crippen LogP contribution in [0, 0.1) is 5.82 Å². The Morgan fingerprint density at radius 2 is 2.29 bits per heavy atom. The van der Waals surface area contributed by atoms with Crippen molar-refractivity contribution in [2.24, 2.45) is 0 Å². The van der Waals surface area contributed by atoms with Crippen molar-refractivity contribution in [1.82, 2.24) is 5.32 Å². The number of carbonyl (C=O) groups is 1. The van der Waals surface area contributed by atoms with Crippen LogP contribution in [0.2, 0.25) is 5.02 Å². The standard InChI is InChI=1S/C9H8BrClFNO/c1-2-13-9(14)5-3-6(10)8(11)7(12)4-5/h3-4H,2H2,1H3,(H,13,14). The number of hydrogen-bond donors (Lipinski definition) is 1. The van der Waals surface area contributed by atoms with Crippen LogP contribution in [0.3, 0.4) is 0 Å². The lowest BCUT2D eigenvalue weighted by Crippen LogP contribution is -2.22. The van der Waals surface area contributed by atoms with E-state index >= 15 is 0 Å². The molecule has 1 aromatic carbocycles. The lowest BCUT2D eigenvalue weighted by atomic mass is 10.2. The average Bonchev–Trinajstić information content (AvgIpc) is 2.13. The Morgan fingerprint density at radius 3 is 2.79 bits per heavy atom. The SMILES string of the molecule is CCNC(=O)c1cc(F)c(Cl)c(Br)c1. The Kier molecular flexibility index (Phi) is 3.89. The van der Waals surface area contributed by atoms with Crippen LogP contribution >= 0.6 is 27.5 Å². The van der Waals surface area contributed by atoms with Crippen molar-refractivity contribution in [1.29, 1.82) is 0 Å². The van der Waals surface area contributed by atoms with Gasteiger partial charge in [0.15, 0.2) is 0 Å². The lowest BCUT2D eigenvalue weighted by Gasteiger charge is -2.04. The van der Waals surface area contributed by atoms with Gasteiger partial charge in [0.2, 0.25) is 0 Å². The van der Waals surface area contributed by atoms with E-state index in [1.54, 1.807) is 6.92 Å². The highest BCUT2D eigenvalue weighted by molar-refractivity contribution is 9.10. The zero-order valence-corrected chi connectivity index (χ0v) is 9.75. The Labute approximate surface area is 94.6 Å². The molecule has 0 saturated heterocycles. The van der Waals surface area contributed by atoms with E-state index in [4.69, 9.17) is 11.6 Å². The molecule has 1 N–H and O–H groups in total. The average molecular weight is 281 g/mol. The number of halogens is 3. The van der Waals surface area contributed by atoms with Crippen LogP contribution in [0.5, 0.6) is 0 Å². The first-order valence-electron chi connectivity index (χ1n) is 3.99. The first kappa shape index (κ1) is 11.5. The number of nitrogens with one attached hydrogen (secondary N) is 1. The van der Waals surface area contributed by atoms with Crippen molar-refractivity contribution in [3.63, 3.8) is 0 Å². The molecule has 2 nitrogen and oxygen atoms in total. The number of amides is 1. The first-order chi connectivity index (χ1) is 6.56. The van der Waals surface area contributed by atoms with Crippen molar-refractivity contribution in [3.8, 4) is 0 Å².